The maximum atomic E-state index is 11.4. The van der Waals surface area contributed by atoms with Crippen molar-refractivity contribution in [2.75, 3.05) is 5.32 Å². The Kier molecular flexibility index (Phi) is 4.80. The largest absolute Gasteiger partial charge is 0.436 e. The molecule has 1 atom stereocenters. The molecule has 2 aromatic carbocycles. The average Bonchev–Trinajstić information content (AvgIpc) is 3.05. The summed E-state index contributed by atoms with van der Waals surface area (Å²) in [5, 5.41) is 11.2. The summed E-state index contributed by atoms with van der Waals surface area (Å²) in [6.45, 7) is 4.36. The van der Waals surface area contributed by atoms with Crippen LogP contribution in [0.5, 0.6) is 0 Å². The van der Waals surface area contributed by atoms with Crippen molar-refractivity contribution < 1.29 is 9.21 Å². The average molecular weight is 333 g/mol. The fraction of sp³-hybridized carbons (Fsp3) is 0.250. The van der Waals surface area contributed by atoms with E-state index in [0.717, 1.165) is 23.1 Å². The molecule has 1 unspecified atom stereocenters. The van der Waals surface area contributed by atoms with Gasteiger partial charge in [0.1, 0.15) is 11.9 Å². The number of amides is 1. The molecule has 0 radical (unpaired) electrons. The lowest BCUT2D eigenvalue weighted by Gasteiger charge is -2.07. The van der Waals surface area contributed by atoms with Crippen LogP contribution in [0, 0.1) is 11.3 Å². The Morgan fingerprint density at radius 2 is 2.04 bits per heavy atom. The fourth-order valence-corrected chi connectivity index (χ4v) is 2.58. The predicted molar refractivity (Wildman–Crippen MR) is 97.0 cm³/mol. The minimum atomic E-state index is -0.324. The van der Waals surface area contributed by atoms with Gasteiger partial charge in [-0.1, -0.05) is 19.9 Å². The van der Waals surface area contributed by atoms with E-state index in [9.17, 15) is 4.79 Å². The minimum Gasteiger partial charge on any atom is -0.436 e. The monoisotopic (exact) mass is 333 g/mol. The number of benzene rings is 2. The second-order valence-electron chi connectivity index (χ2n) is 6.02. The standard InChI is InChI=1S/C20H19N3O2/c1-3-13(2)15-6-9-18-17(12-15)23-20(25-18)14-4-7-16(8-5-14)22-19(24)10-11-21/h4-9,12-13H,3,10H2,1-2H3,(H,22,24). The maximum absolute atomic E-state index is 11.4. The molecule has 1 aromatic heterocycles. The van der Waals surface area contributed by atoms with E-state index in [1.807, 2.05) is 24.3 Å². The zero-order valence-corrected chi connectivity index (χ0v) is 14.2. The third-order valence-corrected chi connectivity index (χ3v) is 4.25. The van der Waals surface area contributed by atoms with Gasteiger partial charge in [0.05, 0.1) is 6.07 Å². The molecule has 5 heteroatoms. The second-order valence-corrected chi connectivity index (χ2v) is 6.02. The first-order chi connectivity index (χ1) is 12.1. The van der Waals surface area contributed by atoms with Crippen LogP contribution in [0.1, 0.15) is 38.2 Å². The number of nitrogens with zero attached hydrogens (tertiary/aromatic N) is 2. The number of oxazole rings is 1. The molecule has 0 bridgehead atoms. The van der Waals surface area contributed by atoms with E-state index in [-0.39, 0.29) is 12.3 Å². The van der Waals surface area contributed by atoms with Crippen molar-refractivity contribution >= 4 is 22.7 Å². The summed E-state index contributed by atoms with van der Waals surface area (Å²) >= 11 is 0. The van der Waals surface area contributed by atoms with Gasteiger partial charge in [0.2, 0.25) is 11.8 Å². The number of hydrogen-bond acceptors (Lipinski definition) is 4. The lowest BCUT2D eigenvalue weighted by atomic mass is 9.98. The Balaban J connectivity index is 1.84. The number of hydrogen-bond donors (Lipinski definition) is 1. The van der Waals surface area contributed by atoms with Gasteiger partial charge in [-0.15, -0.1) is 0 Å². The van der Waals surface area contributed by atoms with Gasteiger partial charge in [-0.05, 0) is 54.3 Å². The van der Waals surface area contributed by atoms with Gasteiger partial charge in [-0.3, -0.25) is 4.79 Å². The van der Waals surface area contributed by atoms with Crippen LogP contribution < -0.4 is 5.32 Å². The highest BCUT2D eigenvalue weighted by molar-refractivity contribution is 5.92. The number of aromatic nitrogens is 1. The Hall–Kier alpha value is -3.13. The number of nitriles is 1. The first-order valence-corrected chi connectivity index (χ1v) is 8.28. The third kappa shape index (κ3) is 3.69. The first kappa shape index (κ1) is 16.7. The summed E-state index contributed by atoms with van der Waals surface area (Å²) in [5.74, 6) is 0.710. The smallest absolute Gasteiger partial charge is 0.238 e. The zero-order valence-electron chi connectivity index (χ0n) is 14.2. The van der Waals surface area contributed by atoms with Crippen molar-refractivity contribution in [3.05, 3.63) is 48.0 Å². The van der Waals surface area contributed by atoms with Crippen LogP contribution in [0.25, 0.3) is 22.6 Å². The van der Waals surface area contributed by atoms with Crippen molar-refractivity contribution in [2.45, 2.75) is 32.6 Å². The lowest BCUT2D eigenvalue weighted by molar-refractivity contribution is -0.115. The summed E-state index contributed by atoms with van der Waals surface area (Å²) in [4.78, 5) is 16.0. The summed E-state index contributed by atoms with van der Waals surface area (Å²) < 4.78 is 5.84. The Labute approximate surface area is 146 Å². The minimum absolute atomic E-state index is 0.161. The number of carbonyl (C=O) groups is 1. The van der Waals surface area contributed by atoms with Crippen molar-refractivity contribution in [3.8, 4) is 17.5 Å². The summed E-state index contributed by atoms with van der Waals surface area (Å²) in [6.07, 6.45) is 0.917. The highest BCUT2D eigenvalue weighted by Crippen LogP contribution is 2.28. The quantitative estimate of drug-likeness (QED) is 0.723. The van der Waals surface area contributed by atoms with Gasteiger partial charge < -0.3 is 9.73 Å². The molecular formula is C20H19N3O2. The maximum Gasteiger partial charge on any atom is 0.238 e. The number of anilines is 1. The first-order valence-electron chi connectivity index (χ1n) is 8.28. The fourth-order valence-electron chi connectivity index (χ4n) is 2.58. The molecule has 5 nitrogen and oxygen atoms in total. The van der Waals surface area contributed by atoms with Crippen molar-refractivity contribution in [1.29, 1.82) is 5.26 Å². The number of carbonyl (C=O) groups excluding carboxylic acids is 1. The number of nitrogens with one attached hydrogen (secondary N) is 1. The predicted octanol–water partition coefficient (Wildman–Crippen LogP) is 4.86. The summed E-state index contributed by atoms with van der Waals surface area (Å²) in [6, 6.07) is 15.1. The molecule has 0 aliphatic rings. The van der Waals surface area contributed by atoms with Crippen LogP contribution in [0.15, 0.2) is 46.9 Å². The molecule has 0 spiro atoms. The summed E-state index contributed by atoms with van der Waals surface area (Å²) in [5.41, 5.74) is 4.33. The van der Waals surface area contributed by atoms with Crippen molar-refractivity contribution in [1.82, 2.24) is 4.98 Å². The van der Waals surface area contributed by atoms with Crippen LogP contribution in [-0.2, 0) is 4.79 Å². The van der Waals surface area contributed by atoms with Crippen molar-refractivity contribution in [3.63, 3.8) is 0 Å². The molecule has 126 valence electrons. The van der Waals surface area contributed by atoms with Crippen LogP contribution >= 0.6 is 0 Å². The van der Waals surface area contributed by atoms with Crippen LogP contribution in [-0.4, -0.2) is 10.9 Å². The molecule has 0 saturated carbocycles. The van der Waals surface area contributed by atoms with Gasteiger partial charge in [-0.2, -0.15) is 5.26 Å². The van der Waals surface area contributed by atoms with Gasteiger partial charge in [0.25, 0.3) is 0 Å². The van der Waals surface area contributed by atoms with Crippen LogP contribution in [0.4, 0.5) is 5.69 Å². The molecule has 3 aromatic rings. The topological polar surface area (TPSA) is 78.9 Å². The van der Waals surface area contributed by atoms with Gasteiger partial charge >= 0.3 is 0 Å². The SMILES string of the molecule is CCC(C)c1ccc2oc(-c3ccc(NC(=O)CC#N)cc3)nc2c1. The Morgan fingerprint density at radius 1 is 1.28 bits per heavy atom. The van der Waals surface area contributed by atoms with E-state index >= 15 is 0 Å². The number of rotatable bonds is 5. The molecule has 1 amide bonds. The number of fused-ring (bicyclic) bond motifs is 1. The third-order valence-electron chi connectivity index (χ3n) is 4.25. The Bertz CT molecular complexity index is 936. The molecule has 0 saturated heterocycles. The van der Waals surface area contributed by atoms with Gasteiger partial charge in [0.15, 0.2) is 5.58 Å². The van der Waals surface area contributed by atoms with E-state index in [2.05, 4.69) is 36.3 Å². The molecule has 1 N–H and O–H groups in total. The zero-order chi connectivity index (χ0) is 17.8. The second kappa shape index (κ2) is 7.18. The molecule has 1 heterocycles. The highest BCUT2D eigenvalue weighted by Gasteiger charge is 2.11. The highest BCUT2D eigenvalue weighted by atomic mass is 16.3. The molecule has 0 aliphatic heterocycles. The van der Waals surface area contributed by atoms with Crippen LogP contribution in [0.2, 0.25) is 0 Å². The molecule has 25 heavy (non-hydrogen) atoms. The van der Waals surface area contributed by atoms with E-state index < -0.39 is 0 Å². The summed E-state index contributed by atoms with van der Waals surface area (Å²) in [7, 11) is 0. The van der Waals surface area contributed by atoms with Crippen LogP contribution in [0.3, 0.4) is 0 Å². The molecule has 0 aliphatic carbocycles. The van der Waals surface area contributed by atoms with E-state index in [1.165, 1.54) is 5.56 Å². The molecular weight excluding hydrogens is 314 g/mol. The van der Waals surface area contributed by atoms with Gasteiger partial charge in [-0.25, -0.2) is 4.98 Å². The Morgan fingerprint density at radius 3 is 2.72 bits per heavy atom. The lowest BCUT2D eigenvalue weighted by Crippen LogP contribution is -2.09. The van der Waals surface area contributed by atoms with Crippen molar-refractivity contribution in [2.24, 2.45) is 0 Å². The van der Waals surface area contributed by atoms with E-state index in [1.54, 1.807) is 12.1 Å². The normalized spacial score (nSPS) is 11.9. The molecule has 0 fully saturated rings. The molecule has 3 rings (SSSR count). The van der Waals surface area contributed by atoms with Gasteiger partial charge in [0, 0.05) is 11.3 Å². The van der Waals surface area contributed by atoms with E-state index in [0.29, 0.717) is 17.5 Å². The van der Waals surface area contributed by atoms with E-state index in [4.69, 9.17) is 9.68 Å².